The molecule has 0 bridgehead atoms. The summed E-state index contributed by atoms with van der Waals surface area (Å²) in [6.45, 7) is -0.598. The third-order valence-electron chi connectivity index (χ3n) is 1.52. The van der Waals surface area contributed by atoms with Crippen LogP contribution in [-0.4, -0.2) is 50.9 Å². The Morgan fingerprint density at radius 2 is 1.54 bits per heavy atom. The highest BCUT2D eigenvalue weighted by Gasteiger charge is 2.18. The summed E-state index contributed by atoms with van der Waals surface area (Å²) in [6.07, 6.45) is -2.90. The van der Waals surface area contributed by atoms with Crippen LogP contribution in [0.1, 0.15) is 6.42 Å². The molecule has 0 saturated heterocycles. The van der Waals surface area contributed by atoms with Crippen LogP contribution in [0.15, 0.2) is 11.5 Å². The Morgan fingerprint density at radius 3 is 1.92 bits per heavy atom. The molecule has 2 unspecified atom stereocenters. The highest BCUT2D eigenvalue weighted by Crippen LogP contribution is 2.09. The second-order valence-electron chi connectivity index (χ2n) is 2.55. The van der Waals surface area contributed by atoms with Gasteiger partial charge in [-0.2, -0.15) is 0 Å². The Labute approximate surface area is 75.6 Å². The molecule has 6 heteroatoms. The molecule has 7 N–H and O–H groups in total. The molecule has 13 heavy (non-hydrogen) atoms. The summed E-state index contributed by atoms with van der Waals surface area (Å²) in [4.78, 5) is 0. The Morgan fingerprint density at radius 1 is 1.08 bits per heavy atom. The van der Waals surface area contributed by atoms with E-state index in [1.165, 1.54) is 0 Å². The Hall–Kier alpha value is -0.820. The van der Waals surface area contributed by atoms with Crippen LogP contribution in [-0.2, 0) is 0 Å². The normalized spacial score (nSPS) is 17.8. The van der Waals surface area contributed by atoms with E-state index in [1.54, 1.807) is 0 Å². The van der Waals surface area contributed by atoms with Crippen molar-refractivity contribution in [1.82, 2.24) is 0 Å². The summed E-state index contributed by atoms with van der Waals surface area (Å²) in [5.41, 5.74) is 5.00. The maximum absolute atomic E-state index is 9.07. The summed E-state index contributed by atoms with van der Waals surface area (Å²) in [5.74, 6) is -1.52. The third kappa shape index (κ3) is 3.60. The molecule has 0 rings (SSSR count). The Bertz CT molecular complexity index is 182. The van der Waals surface area contributed by atoms with Crippen molar-refractivity contribution in [3.63, 3.8) is 0 Å². The van der Waals surface area contributed by atoms with Crippen molar-refractivity contribution in [2.75, 3.05) is 13.2 Å². The van der Waals surface area contributed by atoms with Gasteiger partial charge in [-0.15, -0.1) is 0 Å². The van der Waals surface area contributed by atoms with E-state index in [0.29, 0.717) is 0 Å². The molecule has 0 fully saturated rings. The molecule has 0 radical (unpaired) electrons. The molecule has 0 amide bonds. The standard InChI is InChI=1S/C7H15NO5/c8-3-5(11)7(13)6(12)4(10)1-2-9/h4-5,9-13H,1-3,8H2/b7-6+. The van der Waals surface area contributed by atoms with Gasteiger partial charge in [0.1, 0.15) is 12.2 Å². The predicted molar refractivity (Wildman–Crippen MR) is 45.1 cm³/mol. The number of hydrogen-bond acceptors (Lipinski definition) is 6. The first kappa shape index (κ1) is 12.2. The SMILES string of the molecule is NCC(O)/C(O)=C(\O)C(O)CCO. The fourth-order valence-corrected chi connectivity index (χ4v) is 0.712. The fourth-order valence-electron chi connectivity index (χ4n) is 0.712. The number of hydrogen-bond donors (Lipinski definition) is 6. The Balaban J connectivity index is 4.40. The van der Waals surface area contributed by atoms with E-state index in [4.69, 9.17) is 31.3 Å². The minimum atomic E-state index is -1.40. The molecule has 0 heterocycles. The molecule has 78 valence electrons. The number of nitrogens with two attached hydrogens (primary N) is 1. The van der Waals surface area contributed by atoms with Crippen molar-refractivity contribution in [3.8, 4) is 0 Å². The van der Waals surface area contributed by atoms with Gasteiger partial charge in [0.2, 0.25) is 0 Å². The summed E-state index contributed by atoms with van der Waals surface area (Å²) >= 11 is 0. The predicted octanol–water partition coefficient (Wildman–Crippen LogP) is -1.62. The smallest absolute Gasteiger partial charge is 0.162 e. The van der Waals surface area contributed by atoms with Crippen LogP contribution in [0.5, 0.6) is 0 Å². The first-order chi connectivity index (χ1) is 6.04. The summed E-state index contributed by atoms with van der Waals surface area (Å²) < 4.78 is 0. The molecule has 0 aromatic heterocycles. The van der Waals surface area contributed by atoms with Gasteiger partial charge in [0.15, 0.2) is 11.5 Å². The van der Waals surface area contributed by atoms with E-state index in [-0.39, 0.29) is 19.6 Å². The van der Waals surface area contributed by atoms with E-state index in [1.807, 2.05) is 0 Å². The average molecular weight is 193 g/mol. The first-order valence-corrected chi connectivity index (χ1v) is 3.83. The van der Waals surface area contributed by atoms with Gasteiger partial charge >= 0.3 is 0 Å². The second kappa shape index (κ2) is 5.76. The second-order valence-corrected chi connectivity index (χ2v) is 2.55. The van der Waals surface area contributed by atoms with Crippen molar-refractivity contribution in [2.45, 2.75) is 18.6 Å². The highest BCUT2D eigenvalue weighted by atomic mass is 16.4. The molecule has 0 aliphatic rings. The van der Waals surface area contributed by atoms with Crippen molar-refractivity contribution < 1.29 is 25.5 Å². The van der Waals surface area contributed by atoms with Crippen LogP contribution in [0.3, 0.4) is 0 Å². The van der Waals surface area contributed by atoms with Gasteiger partial charge in [-0.25, -0.2) is 0 Å². The summed E-state index contributed by atoms with van der Waals surface area (Å²) in [5, 5.41) is 44.5. The maximum atomic E-state index is 9.07. The van der Waals surface area contributed by atoms with Gasteiger partial charge in [-0.1, -0.05) is 0 Å². The molecular formula is C7H15NO5. The lowest BCUT2D eigenvalue weighted by molar-refractivity contribution is 0.0893. The van der Waals surface area contributed by atoms with E-state index in [9.17, 15) is 0 Å². The molecule has 0 spiro atoms. The van der Waals surface area contributed by atoms with Crippen LogP contribution < -0.4 is 5.73 Å². The largest absolute Gasteiger partial charge is 0.506 e. The quantitative estimate of drug-likeness (QED) is 0.291. The lowest BCUT2D eigenvalue weighted by Crippen LogP contribution is -2.26. The monoisotopic (exact) mass is 193 g/mol. The van der Waals surface area contributed by atoms with Crippen molar-refractivity contribution in [3.05, 3.63) is 11.5 Å². The minimum absolute atomic E-state index is 0.118. The van der Waals surface area contributed by atoms with Crippen LogP contribution in [0.2, 0.25) is 0 Å². The van der Waals surface area contributed by atoms with E-state index >= 15 is 0 Å². The topological polar surface area (TPSA) is 127 Å². The maximum Gasteiger partial charge on any atom is 0.162 e. The first-order valence-electron chi connectivity index (χ1n) is 3.83. The lowest BCUT2D eigenvalue weighted by Gasteiger charge is -2.13. The zero-order chi connectivity index (χ0) is 10.4. The summed E-state index contributed by atoms with van der Waals surface area (Å²) in [6, 6.07) is 0. The minimum Gasteiger partial charge on any atom is -0.506 e. The van der Waals surface area contributed by atoms with Crippen LogP contribution in [0.4, 0.5) is 0 Å². The van der Waals surface area contributed by atoms with Crippen molar-refractivity contribution >= 4 is 0 Å². The molecule has 0 aliphatic heterocycles. The van der Waals surface area contributed by atoms with E-state index < -0.39 is 23.7 Å². The zero-order valence-electron chi connectivity index (χ0n) is 7.09. The van der Waals surface area contributed by atoms with Gasteiger partial charge in [0.25, 0.3) is 0 Å². The molecule has 2 atom stereocenters. The van der Waals surface area contributed by atoms with Crippen LogP contribution in [0, 0.1) is 0 Å². The van der Waals surface area contributed by atoms with Crippen molar-refractivity contribution in [2.24, 2.45) is 5.73 Å². The van der Waals surface area contributed by atoms with Gasteiger partial charge in [-0.05, 0) is 0 Å². The third-order valence-corrected chi connectivity index (χ3v) is 1.52. The number of rotatable bonds is 5. The van der Waals surface area contributed by atoms with Gasteiger partial charge in [0.05, 0.1) is 0 Å². The van der Waals surface area contributed by atoms with E-state index in [2.05, 4.69) is 0 Å². The summed E-state index contributed by atoms with van der Waals surface area (Å²) in [7, 11) is 0. The molecule has 0 saturated carbocycles. The molecule has 0 aliphatic carbocycles. The average Bonchev–Trinajstić information content (AvgIpc) is 2.14. The lowest BCUT2D eigenvalue weighted by atomic mass is 10.1. The molecule has 0 aromatic rings. The number of aliphatic hydroxyl groups is 5. The van der Waals surface area contributed by atoms with Crippen molar-refractivity contribution in [1.29, 1.82) is 0 Å². The van der Waals surface area contributed by atoms with E-state index in [0.717, 1.165) is 0 Å². The molecule has 0 aromatic carbocycles. The number of aliphatic hydroxyl groups excluding tert-OH is 5. The zero-order valence-corrected chi connectivity index (χ0v) is 7.09. The van der Waals surface area contributed by atoms with Gasteiger partial charge in [0, 0.05) is 19.6 Å². The molecule has 6 nitrogen and oxygen atoms in total. The highest BCUT2D eigenvalue weighted by molar-refractivity contribution is 5.08. The van der Waals surface area contributed by atoms with Gasteiger partial charge in [-0.3, -0.25) is 0 Å². The van der Waals surface area contributed by atoms with Crippen LogP contribution >= 0.6 is 0 Å². The fraction of sp³-hybridized carbons (Fsp3) is 0.714. The van der Waals surface area contributed by atoms with Gasteiger partial charge < -0.3 is 31.3 Å². The molecular weight excluding hydrogens is 178 g/mol. The van der Waals surface area contributed by atoms with Crippen LogP contribution in [0.25, 0.3) is 0 Å². The Kier molecular flexibility index (Phi) is 5.40.